The molecule has 15 heavy (non-hydrogen) atoms. The molecule has 4 heteroatoms. The van der Waals surface area contributed by atoms with Crippen molar-refractivity contribution in [3.63, 3.8) is 0 Å². The number of hydrogen-bond donors (Lipinski definition) is 0. The van der Waals surface area contributed by atoms with Gasteiger partial charge in [0.05, 0.1) is 0 Å². The van der Waals surface area contributed by atoms with Gasteiger partial charge in [0.1, 0.15) is 0 Å². The summed E-state index contributed by atoms with van der Waals surface area (Å²) < 4.78 is 7.85. The molecule has 1 aromatic carbocycles. The molecule has 0 aromatic heterocycles. The van der Waals surface area contributed by atoms with E-state index >= 15 is 0 Å². The van der Waals surface area contributed by atoms with E-state index in [0.29, 0.717) is 0 Å². The molecule has 1 rings (SSSR count). The van der Waals surface area contributed by atoms with Crippen LogP contribution in [0.4, 0.5) is 0 Å². The van der Waals surface area contributed by atoms with Crippen LogP contribution in [0.5, 0.6) is 0 Å². The Kier molecular flexibility index (Phi) is 4.94. The van der Waals surface area contributed by atoms with E-state index in [-0.39, 0.29) is 0 Å². The van der Waals surface area contributed by atoms with Crippen LogP contribution in [0.3, 0.4) is 0 Å². The summed E-state index contributed by atoms with van der Waals surface area (Å²) >= 11 is 5.70. The fourth-order valence-corrected chi connectivity index (χ4v) is 4.72. The first kappa shape index (κ1) is 12.9. The average molecular weight is 243 g/mol. The molecule has 0 saturated heterocycles. The zero-order valence-corrected chi connectivity index (χ0v) is 11.2. The van der Waals surface area contributed by atoms with E-state index < -0.39 is 6.42 Å². The van der Waals surface area contributed by atoms with Gasteiger partial charge in [-0.25, -0.2) is 0 Å². The fraction of sp³-hybridized carbons (Fsp3) is 0.455. The van der Waals surface area contributed by atoms with E-state index in [2.05, 4.69) is 30.7 Å². The first-order valence-electron chi connectivity index (χ1n) is 5.15. The van der Waals surface area contributed by atoms with E-state index in [1.54, 1.807) is 7.11 Å². The Morgan fingerprint density at radius 1 is 1.20 bits per heavy atom. The fourth-order valence-electron chi connectivity index (χ4n) is 1.60. The maximum atomic E-state index is 5.70. The molecule has 1 atom stereocenters. The topological polar surface area (TPSA) is 12.5 Å². The van der Waals surface area contributed by atoms with E-state index in [4.69, 9.17) is 16.3 Å². The van der Waals surface area contributed by atoms with Crippen molar-refractivity contribution in [1.29, 1.82) is 0 Å². The summed E-state index contributed by atoms with van der Waals surface area (Å²) in [6.45, 7) is 6.09. The minimum atomic E-state index is -2.00. The summed E-state index contributed by atoms with van der Waals surface area (Å²) in [6, 6.07) is 10.1. The summed E-state index contributed by atoms with van der Waals surface area (Å²) in [7, 11) is 1.71. The zero-order chi connectivity index (χ0) is 11.3. The summed E-state index contributed by atoms with van der Waals surface area (Å²) in [5.74, 6) is 0. The normalized spacial score (nSPS) is 15.2. The van der Waals surface area contributed by atoms with Crippen LogP contribution in [0.1, 0.15) is 13.8 Å². The van der Waals surface area contributed by atoms with Gasteiger partial charge in [-0.2, -0.15) is 0 Å². The Hall–Kier alpha value is -0.210. The number of nitrogens with zero attached hydrogens (tertiary/aromatic N) is 1. The van der Waals surface area contributed by atoms with Crippen LogP contribution >= 0.6 is 6.42 Å². The smallest absolute Gasteiger partial charge is 0.161 e. The third kappa shape index (κ3) is 2.67. The molecular weight excluding hydrogens is 225 g/mol. The van der Waals surface area contributed by atoms with Crippen LogP contribution < -0.4 is 5.30 Å². The Morgan fingerprint density at radius 2 is 1.73 bits per heavy atom. The summed E-state index contributed by atoms with van der Waals surface area (Å²) in [4.78, 5) is 0. The van der Waals surface area contributed by atoms with Gasteiger partial charge in [-0.05, 0) is 11.8 Å². The van der Waals surface area contributed by atoms with Crippen molar-refractivity contribution in [1.82, 2.24) is 4.67 Å². The van der Waals surface area contributed by atoms with Gasteiger partial charge < -0.3 is 4.52 Å². The highest BCUT2D eigenvalue weighted by molar-refractivity contribution is 8.14. The van der Waals surface area contributed by atoms with Crippen LogP contribution in [0.15, 0.2) is 30.3 Å². The minimum absolute atomic E-state index is 0.927. The molecule has 0 aliphatic heterocycles. The lowest BCUT2D eigenvalue weighted by molar-refractivity contribution is 0.387. The van der Waals surface area contributed by atoms with Gasteiger partial charge >= 0.3 is 0 Å². The summed E-state index contributed by atoms with van der Waals surface area (Å²) in [5, 5.41) is 1.13. The highest BCUT2D eigenvalue weighted by Gasteiger charge is 2.25. The monoisotopic (exact) mass is 243 g/mol. The average Bonchev–Trinajstić information content (AvgIpc) is 2.31. The Balaban J connectivity index is 3.10. The predicted octanol–water partition coefficient (Wildman–Crippen LogP) is 2.61. The van der Waals surface area contributed by atoms with Crippen molar-refractivity contribution >= 4 is 23.5 Å². The molecule has 1 unspecified atom stereocenters. The third-order valence-electron chi connectivity index (χ3n) is 2.43. The van der Waals surface area contributed by atoms with Crippen molar-refractivity contribution in [2.24, 2.45) is 0 Å². The maximum absolute atomic E-state index is 5.70. The van der Waals surface area contributed by atoms with Crippen molar-refractivity contribution in [2.75, 3.05) is 20.2 Å². The standard InChI is InChI=1S/C11H18NOPS/c1-4-12(5-2)14(15,13-3)11-9-7-6-8-10-11/h6-10H,4-5H2,1-3H3. The van der Waals surface area contributed by atoms with Crippen LogP contribution in [0, 0.1) is 0 Å². The van der Waals surface area contributed by atoms with Crippen molar-refractivity contribution in [3.8, 4) is 0 Å². The van der Waals surface area contributed by atoms with Crippen molar-refractivity contribution in [2.45, 2.75) is 13.8 Å². The third-order valence-corrected chi connectivity index (χ3v) is 6.96. The lowest BCUT2D eigenvalue weighted by Crippen LogP contribution is -2.26. The van der Waals surface area contributed by atoms with E-state index in [1.165, 1.54) is 0 Å². The number of benzene rings is 1. The Morgan fingerprint density at radius 3 is 2.13 bits per heavy atom. The summed E-state index contributed by atoms with van der Waals surface area (Å²) in [5.41, 5.74) is 0. The van der Waals surface area contributed by atoms with E-state index in [1.807, 2.05) is 18.2 Å². The molecular formula is C11H18NOPS. The molecule has 0 spiro atoms. The molecule has 2 nitrogen and oxygen atoms in total. The number of rotatable bonds is 5. The van der Waals surface area contributed by atoms with Gasteiger partial charge in [0, 0.05) is 25.5 Å². The SMILES string of the molecule is CCN(CC)P(=S)(OC)c1ccccc1. The molecule has 0 bridgehead atoms. The molecule has 0 amide bonds. The zero-order valence-electron chi connectivity index (χ0n) is 9.51. The highest BCUT2D eigenvalue weighted by Crippen LogP contribution is 2.48. The molecule has 0 fully saturated rings. The molecule has 0 saturated carbocycles. The number of hydrogen-bond acceptors (Lipinski definition) is 2. The lowest BCUT2D eigenvalue weighted by Gasteiger charge is -2.32. The Labute approximate surface area is 97.4 Å². The second kappa shape index (κ2) is 5.76. The van der Waals surface area contributed by atoms with Crippen LogP contribution in [-0.4, -0.2) is 24.9 Å². The largest absolute Gasteiger partial charge is 0.338 e. The van der Waals surface area contributed by atoms with Crippen LogP contribution in [0.2, 0.25) is 0 Å². The van der Waals surface area contributed by atoms with Gasteiger partial charge in [0.15, 0.2) is 6.42 Å². The molecule has 0 aliphatic carbocycles. The molecule has 0 heterocycles. The molecule has 84 valence electrons. The lowest BCUT2D eigenvalue weighted by atomic mass is 10.4. The van der Waals surface area contributed by atoms with Gasteiger partial charge in [0.2, 0.25) is 0 Å². The maximum Gasteiger partial charge on any atom is 0.161 e. The van der Waals surface area contributed by atoms with Crippen LogP contribution in [0.25, 0.3) is 0 Å². The van der Waals surface area contributed by atoms with Crippen LogP contribution in [-0.2, 0) is 16.3 Å². The van der Waals surface area contributed by atoms with Gasteiger partial charge in [0.25, 0.3) is 0 Å². The first-order chi connectivity index (χ1) is 7.19. The van der Waals surface area contributed by atoms with Crippen molar-refractivity contribution < 1.29 is 4.52 Å². The highest BCUT2D eigenvalue weighted by atomic mass is 32.4. The van der Waals surface area contributed by atoms with Gasteiger partial charge in [-0.1, -0.05) is 44.2 Å². The van der Waals surface area contributed by atoms with Gasteiger partial charge in [-0.3, -0.25) is 4.67 Å². The van der Waals surface area contributed by atoms with E-state index in [0.717, 1.165) is 18.4 Å². The van der Waals surface area contributed by atoms with Gasteiger partial charge in [-0.15, -0.1) is 0 Å². The quantitative estimate of drug-likeness (QED) is 0.738. The summed E-state index contributed by atoms with van der Waals surface area (Å²) in [6.07, 6.45) is -2.00. The second-order valence-electron chi connectivity index (χ2n) is 3.18. The Bertz CT molecular complexity index is 338. The van der Waals surface area contributed by atoms with Crippen molar-refractivity contribution in [3.05, 3.63) is 30.3 Å². The minimum Gasteiger partial charge on any atom is -0.338 e. The molecule has 0 aliphatic rings. The molecule has 0 radical (unpaired) electrons. The molecule has 0 N–H and O–H groups in total. The molecule has 1 aromatic rings. The predicted molar refractivity (Wildman–Crippen MR) is 70.3 cm³/mol. The second-order valence-corrected chi connectivity index (χ2v) is 7.15. The first-order valence-corrected chi connectivity index (χ1v) is 7.83. The van der Waals surface area contributed by atoms with E-state index in [9.17, 15) is 0 Å².